The lowest BCUT2D eigenvalue weighted by Crippen LogP contribution is -2.35. The number of carbonyl (C=O) groups is 1. The van der Waals surface area contributed by atoms with Crippen LogP contribution in [0.4, 0.5) is 0 Å². The van der Waals surface area contributed by atoms with E-state index in [4.69, 9.17) is 17.3 Å². The van der Waals surface area contributed by atoms with Crippen LogP contribution < -0.4 is 5.32 Å². The van der Waals surface area contributed by atoms with E-state index >= 15 is 0 Å². The van der Waals surface area contributed by atoms with E-state index in [1.54, 1.807) is 7.05 Å². The Kier molecular flexibility index (Phi) is 5.28. The van der Waals surface area contributed by atoms with Crippen molar-refractivity contribution in [2.75, 3.05) is 13.7 Å². The largest absolute Gasteiger partial charge is 0.382 e. The van der Waals surface area contributed by atoms with Crippen molar-refractivity contribution >= 4 is 13.8 Å². The number of likely N-dealkylation sites (N-methyl/N-ethyl adjacent to an activating group) is 1. The summed E-state index contributed by atoms with van der Waals surface area (Å²) in [6.45, 7) is 4.21. The van der Waals surface area contributed by atoms with Crippen LogP contribution in [0.3, 0.4) is 0 Å². The molecule has 1 aliphatic rings. The summed E-state index contributed by atoms with van der Waals surface area (Å²) in [5, 5.41) is 2.52. The number of hydrogen-bond acceptors (Lipinski definition) is 3. The van der Waals surface area contributed by atoms with E-state index in [-0.39, 0.29) is 30.6 Å². The van der Waals surface area contributed by atoms with E-state index in [9.17, 15) is 4.79 Å². The molecular formula is C11H20BNO3. The number of carbonyl (C=O) groups excluding carboxylic acids is 1. The van der Waals surface area contributed by atoms with Crippen molar-refractivity contribution in [1.29, 1.82) is 0 Å². The van der Waals surface area contributed by atoms with Crippen molar-refractivity contribution < 1.29 is 14.3 Å². The van der Waals surface area contributed by atoms with Gasteiger partial charge in [-0.1, -0.05) is 13.8 Å². The molecule has 1 saturated heterocycles. The van der Waals surface area contributed by atoms with Crippen LogP contribution in [0.5, 0.6) is 0 Å². The smallest absolute Gasteiger partial charge is 0.245 e. The first kappa shape index (κ1) is 13.5. The summed E-state index contributed by atoms with van der Waals surface area (Å²) in [6.07, 6.45) is 1.85. The molecule has 0 aromatic heterocycles. The minimum atomic E-state index is -0.417. The number of nitrogens with one attached hydrogen (secondary N) is 1. The second-order valence-corrected chi connectivity index (χ2v) is 4.07. The third kappa shape index (κ3) is 2.98. The molecule has 4 unspecified atom stereocenters. The second-order valence-electron chi connectivity index (χ2n) is 4.07. The zero-order chi connectivity index (χ0) is 12.1. The van der Waals surface area contributed by atoms with E-state index in [0.29, 0.717) is 0 Å². The van der Waals surface area contributed by atoms with E-state index < -0.39 is 6.00 Å². The van der Waals surface area contributed by atoms with Crippen molar-refractivity contribution in [3.05, 3.63) is 0 Å². The van der Waals surface area contributed by atoms with Crippen LogP contribution in [-0.2, 0) is 14.3 Å². The Labute approximate surface area is 98.5 Å². The topological polar surface area (TPSA) is 47.6 Å². The first-order valence-electron chi connectivity index (χ1n) is 5.87. The Hall–Kier alpha value is -0.545. The lowest BCUT2D eigenvalue weighted by Gasteiger charge is -2.21. The van der Waals surface area contributed by atoms with Gasteiger partial charge >= 0.3 is 0 Å². The number of hydrogen-bond donors (Lipinski definition) is 1. The average Bonchev–Trinajstić information content (AvgIpc) is 2.61. The number of ether oxygens (including phenoxy) is 2. The van der Waals surface area contributed by atoms with E-state index in [1.807, 2.05) is 0 Å². The molecule has 1 amide bonds. The Bertz CT molecular complexity index is 237. The summed E-state index contributed by atoms with van der Waals surface area (Å²) in [5.41, 5.74) is 0. The van der Waals surface area contributed by atoms with Gasteiger partial charge in [0, 0.05) is 19.0 Å². The SMILES string of the molecule is [B]C1OC(CC)C(CC)C1OCC(=O)NC. The third-order valence-corrected chi connectivity index (χ3v) is 3.11. The zero-order valence-electron chi connectivity index (χ0n) is 10.2. The van der Waals surface area contributed by atoms with Crippen LogP contribution >= 0.6 is 0 Å². The predicted molar refractivity (Wildman–Crippen MR) is 62.3 cm³/mol. The minimum absolute atomic E-state index is 0.0468. The Morgan fingerprint density at radius 1 is 1.44 bits per heavy atom. The Balaban J connectivity index is 2.53. The molecule has 0 saturated carbocycles. The fourth-order valence-corrected chi connectivity index (χ4v) is 2.19. The molecule has 1 rings (SSSR count). The van der Waals surface area contributed by atoms with Gasteiger partial charge in [0.25, 0.3) is 0 Å². The third-order valence-electron chi connectivity index (χ3n) is 3.11. The number of rotatable bonds is 5. The molecule has 0 aliphatic carbocycles. The molecule has 1 fully saturated rings. The van der Waals surface area contributed by atoms with Gasteiger partial charge in [0.05, 0.1) is 12.2 Å². The summed E-state index contributed by atoms with van der Waals surface area (Å²) < 4.78 is 11.2. The lowest BCUT2D eigenvalue weighted by atomic mass is 9.85. The molecule has 16 heavy (non-hydrogen) atoms. The van der Waals surface area contributed by atoms with Gasteiger partial charge in [0.15, 0.2) is 0 Å². The fraction of sp³-hybridized carbons (Fsp3) is 0.909. The first-order valence-corrected chi connectivity index (χ1v) is 5.87. The van der Waals surface area contributed by atoms with Crippen molar-refractivity contribution in [2.45, 2.75) is 44.9 Å². The highest BCUT2D eigenvalue weighted by molar-refractivity contribution is 6.11. The molecule has 0 aromatic rings. The van der Waals surface area contributed by atoms with Crippen LogP contribution in [0.1, 0.15) is 26.7 Å². The van der Waals surface area contributed by atoms with E-state index in [1.165, 1.54) is 0 Å². The molecule has 90 valence electrons. The summed E-state index contributed by atoms with van der Waals surface area (Å²) in [4.78, 5) is 11.1. The lowest BCUT2D eigenvalue weighted by molar-refractivity contribution is -0.128. The van der Waals surface area contributed by atoms with Gasteiger partial charge in [-0.25, -0.2) is 0 Å². The van der Waals surface area contributed by atoms with Crippen molar-refractivity contribution in [3.8, 4) is 0 Å². The summed E-state index contributed by atoms with van der Waals surface area (Å²) >= 11 is 0. The van der Waals surface area contributed by atoms with Crippen LogP contribution in [0.2, 0.25) is 0 Å². The molecule has 4 atom stereocenters. The van der Waals surface area contributed by atoms with Gasteiger partial charge in [-0.2, -0.15) is 0 Å². The monoisotopic (exact) mass is 225 g/mol. The van der Waals surface area contributed by atoms with Crippen molar-refractivity contribution in [3.63, 3.8) is 0 Å². The molecule has 1 aliphatic heterocycles. The summed E-state index contributed by atoms with van der Waals surface area (Å²) in [5.74, 6) is 0.145. The van der Waals surface area contributed by atoms with Crippen LogP contribution in [0, 0.1) is 5.92 Å². The maximum absolute atomic E-state index is 11.1. The Morgan fingerprint density at radius 2 is 2.12 bits per heavy atom. The highest BCUT2D eigenvalue weighted by Gasteiger charge is 2.40. The van der Waals surface area contributed by atoms with E-state index in [0.717, 1.165) is 12.8 Å². The zero-order valence-corrected chi connectivity index (χ0v) is 10.2. The first-order chi connectivity index (χ1) is 7.63. The molecule has 4 nitrogen and oxygen atoms in total. The van der Waals surface area contributed by atoms with Crippen LogP contribution in [0.25, 0.3) is 0 Å². The second kappa shape index (κ2) is 6.25. The van der Waals surface area contributed by atoms with Gasteiger partial charge in [-0.05, 0) is 12.8 Å². The Morgan fingerprint density at radius 3 is 2.62 bits per heavy atom. The minimum Gasteiger partial charge on any atom is -0.382 e. The molecular weight excluding hydrogens is 205 g/mol. The van der Waals surface area contributed by atoms with Crippen LogP contribution in [-0.4, -0.2) is 45.6 Å². The quantitative estimate of drug-likeness (QED) is 0.691. The maximum Gasteiger partial charge on any atom is 0.245 e. The van der Waals surface area contributed by atoms with E-state index in [2.05, 4.69) is 19.2 Å². The average molecular weight is 225 g/mol. The standard InChI is InChI=1S/C11H20BNO3/c1-4-7-8(5-2)16-11(12)10(7)15-6-9(14)13-3/h7-8,10-11H,4-6H2,1-3H3,(H,13,14). The molecule has 2 radical (unpaired) electrons. The molecule has 5 heteroatoms. The van der Waals surface area contributed by atoms with Gasteiger partial charge in [0.2, 0.25) is 5.91 Å². The maximum atomic E-state index is 11.1. The van der Waals surface area contributed by atoms with Gasteiger partial charge in [0.1, 0.15) is 14.5 Å². The van der Waals surface area contributed by atoms with Crippen molar-refractivity contribution in [2.24, 2.45) is 5.92 Å². The fourth-order valence-electron chi connectivity index (χ4n) is 2.19. The summed E-state index contributed by atoms with van der Waals surface area (Å²) in [7, 11) is 7.45. The van der Waals surface area contributed by atoms with Gasteiger partial charge in [-0.3, -0.25) is 4.79 Å². The number of amides is 1. The molecule has 0 bridgehead atoms. The molecule has 1 heterocycles. The normalized spacial score (nSPS) is 33.9. The molecule has 1 N–H and O–H groups in total. The predicted octanol–water partition coefficient (Wildman–Crippen LogP) is 0.447. The highest BCUT2D eigenvalue weighted by atomic mass is 16.6. The van der Waals surface area contributed by atoms with Crippen LogP contribution in [0.15, 0.2) is 0 Å². The molecule has 0 spiro atoms. The van der Waals surface area contributed by atoms with Gasteiger partial charge in [-0.15, -0.1) is 0 Å². The summed E-state index contributed by atoms with van der Waals surface area (Å²) in [6, 6.07) is -0.417. The van der Waals surface area contributed by atoms with Gasteiger partial charge < -0.3 is 14.8 Å². The molecule has 0 aromatic carbocycles. The van der Waals surface area contributed by atoms with Crippen molar-refractivity contribution in [1.82, 2.24) is 5.32 Å². The highest BCUT2D eigenvalue weighted by Crippen LogP contribution is 2.32.